The molecule has 3 aliphatic rings. The second-order valence-corrected chi connectivity index (χ2v) is 12.4. The van der Waals surface area contributed by atoms with Crippen molar-refractivity contribution in [3.05, 3.63) is 126 Å². The number of likely N-dealkylation sites (N-methyl/N-ethyl adjacent to an activating group) is 1. The molecule has 2 amide bonds. The minimum Gasteiger partial charge on any atom is -0.467 e. The molecule has 4 heterocycles. The molecule has 1 aromatic heterocycles. The summed E-state index contributed by atoms with van der Waals surface area (Å²) in [5.41, 5.74) is 2.47. The zero-order valence-electron chi connectivity index (χ0n) is 21.9. The molecule has 3 atom stereocenters. The predicted molar refractivity (Wildman–Crippen MR) is 160 cm³/mol. The van der Waals surface area contributed by atoms with Gasteiger partial charge in [0.05, 0.1) is 19.4 Å². The van der Waals surface area contributed by atoms with Crippen molar-refractivity contribution >= 4 is 45.8 Å². The van der Waals surface area contributed by atoms with Gasteiger partial charge in [0.15, 0.2) is 5.54 Å². The first-order valence-corrected chi connectivity index (χ1v) is 14.5. The summed E-state index contributed by atoms with van der Waals surface area (Å²) in [6.07, 6.45) is 1.59. The Balaban J connectivity index is 1.44. The summed E-state index contributed by atoms with van der Waals surface area (Å²) < 4.78 is 4.86. The van der Waals surface area contributed by atoms with Crippen molar-refractivity contribution in [3.63, 3.8) is 0 Å². The number of carbonyl (C=O) groups is 2. The zero-order valence-corrected chi connectivity index (χ0v) is 23.5. The number of rotatable bonds is 5. The number of benzene rings is 3. The van der Waals surface area contributed by atoms with Gasteiger partial charge in [-0.15, -0.1) is 0 Å². The van der Waals surface area contributed by atoms with Crippen molar-refractivity contribution in [2.45, 2.75) is 29.3 Å². The van der Waals surface area contributed by atoms with Crippen molar-refractivity contribution in [2.24, 2.45) is 0 Å². The van der Waals surface area contributed by atoms with Gasteiger partial charge in [0.2, 0.25) is 5.91 Å². The van der Waals surface area contributed by atoms with Crippen LogP contribution in [-0.4, -0.2) is 44.3 Å². The van der Waals surface area contributed by atoms with E-state index in [1.807, 2.05) is 90.8 Å². The van der Waals surface area contributed by atoms with Gasteiger partial charge in [0.1, 0.15) is 14.8 Å². The molecule has 3 aliphatic heterocycles. The zero-order chi connectivity index (χ0) is 27.5. The van der Waals surface area contributed by atoms with E-state index in [2.05, 4.69) is 17.0 Å². The van der Waals surface area contributed by atoms with E-state index in [1.165, 1.54) is 11.8 Å². The Hall–Kier alpha value is -3.72. The van der Waals surface area contributed by atoms with E-state index in [9.17, 15) is 4.79 Å². The van der Waals surface area contributed by atoms with Gasteiger partial charge in [0, 0.05) is 23.7 Å². The number of fused-ring (bicyclic) bond motifs is 3. The number of thiocarbonyl (C=S) groups is 1. The maximum atomic E-state index is 15.1. The number of furan rings is 1. The van der Waals surface area contributed by atoms with Crippen molar-refractivity contribution in [3.8, 4) is 0 Å². The molecular weight excluding hydrogens is 539 g/mol. The van der Waals surface area contributed by atoms with Crippen molar-refractivity contribution in [1.29, 1.82) is 0 Å². The van der Waals surface area contributed by atoms with Crippen LogP contribution in [0.4, 0.5) is 5.69 Å². The Bertz CT molecular complexity index is 1610. The van der Waals surface area contributed by atoms with Crippen LogP contribution in [0.5, 0.6) is 0 Å². The molecule has 0 bridgehead atoms. The van der Waals surface area contributed by atoms with Crippen LogP contribution in [0.2, 0.25) is 0 Å². The maximum absolute atomic E-state index is 15.1. The molecular formula is C32H27N3O3S2. The van der Waals surface area contributed by atoms with E-state index in [-0.39, 0.29) is 24.3 Å². The highest BCUT2D eigenvalue weighted by molar-refractivity contribution is 8.25. The number of hydrogen-bond acceptors (Lipinski definition) is 6. The Labute approximate surface area is 242 Å². The quantitative estimate of drug-likeness (QED) is 0.296. The Morgan fingerprint density at radius 2 is 1.55 bits per heavy atom. The summed E-state index contributed by atoms with van der Waals surface area (Å²) >= 11 is 7.28. The molecule has 0 radical (unpaired) electrons. The molecule has 2 saturated heterocycles. The van der Waals surface area contributed by atoms with Crippen LogP contribution in [0.1, 0.15) is 28.4 Å². The van der Waals surface area contributed by atoms with Crippen LogP contribution in [0.3, 0.4) is 0 Å². The fourth-order valence-corrected chi connectivity index (χ4v) is 8.98. The number of hydrogen-bond donors (Lipinski definition) is 0. The van der Waals surface area contributed by atoms with Crippen LogP contribution >= 0.6 is 24.0 Å². The summed E-state index contributed by atoms with van der Waals surface area (Å²) in [4.78, 5) is 35.6. The van der Waals surface area contributed by atoms with E-state index < -0.39 is 10.3 Å². The van der Waals surface area contributed by atoms with Crippen molar-refractivity contribution < 1.29 is 14.0 Å². The molecule has 6 nitrogen and oxygen atoms in total. The van der Waals surface area contributed by atoms with Crippen LogP contribution < -0.4 is 4.90 Å². The number of anilines is 1. The molecule has 40 heavy (non-hydrogen) atoms. The first kappa shape index (κ1) is 25.3. The number of thioether (sulfide) groups is 1. The minimum absolute atomic E-state index is 0.0954. The van der Waals surface area contributed by atoms with Crippen LogP contribution in [0.15, 0.2) is 108 Å². The van der Waals surface area contributed by atoms with E-state index >= 15 is 4.79 Å². The van der Waals surface area contributed by atoms with Gasteiger partial charge in [-0.25, -0.2) is 0 Å². The van der Waals surface area contributed by atoms with Crippen LogP contribution in [0, 0.1) is 0 Å². The SMILES string of the molecule is CN1CC(c2ccccc2)C2(SC(=S)N(Cc3ccco3)C2=O)C12C(=O)N(Cc1ccccc1)c1ccccc12. The van der Waals surface area contributed by atoms with Gasteiger partial charge in [0.25, 0.3) is 5.91 Å². The average molecular weight is 566 g/mol. The Morgan fingerprint density at radius 3 is 2.27 bits per heavy atom. The molecule has 2 spiro atoms. The van der Waals surface area contributed by atoms with Crippen LogP contribution in [-0.2, 0) is 28.2 Å². The van der Waals surface area contributed by atoms with Gasteiger partial charge in [-0.05, 0) is 36.4 Å². The molecule has 3 aromatic carbocycles. The molecule has 2 fully saturated rings. The first-order valence-electron chi connectivity index (χ1n) is 13.3. The normalized spacial score (nSPS) is 26.0. The fourth-order valence-electron chi connectivity index (χ4n) is 6.85. The summed E-state index contributed by atoms with van der Waals surface area (Å²) in [7, 11) is 1.97. The topological polar surface area (TPSA) is 57.0 Å². The summed E-state index contributed by atoms with van der Waals surface area (Å²) in [6.45, 7) is 1.17. The highest BCUT2D eigenvalue weighted by atomic mass is 32.2. The lowest BCUT2D eigenvalue weighted by atomic mass is 9.72. The summed E-state index contributed by atoms with van der Waals surface area (Å²) in [5.74, 6) is 0.127. The molecule has 7 rings (SSSR count). The van der Waals surface area contributed by atoms with E-state index in [0.717, 1.165) is 22.4 Å². The lowest BCUT2D eigenvalue weighted by Gasteiger charge is -2.42. The third-order valence-corrected chi connectivity index (χ3v) is 10.4. The molecule has 4 aromatic rings. The van der Waals surface area contributed by atoms with Crippen molar-refractivity contribution in [1.82, 2.24) is 9.80 Å². The highest BCUT2D eigenvalue weighted by Gasteiger charge is 2.78. The second-order valence-electron chi connectivity index (χ2n) is 10.5. The molecule has 3 unspecified atom stereocenters. The molecule has 200 valence electrons. The summed E-state index contributed by atoms with van der Waals surface area (Å²) in [6, 6.07) is 31.6. The smallest absolute Gasteiger partial charge is 0.254 e. The average Bonchev–Trinajstić information content (AvgIpc) is 3.71. The molecule has 0 saturated carbocycles. The predicted octanol–water partition coefficient (Wildman–Crippen LogP) is 5.55. The van der Waals surface area contributed by atoms with Crippen LogP contribution in [0.25, 0.3) is 0 Å². The monoisotopic (exact) mass is 565 g/mol. The summed E-state index contributed by atoms with van der Waals surface area (Å²) in [5, 5.41) is 0. The second kappa shape index (κ2) is 9.44. The van der Waals surface area contributed by atoms with Gasteiger partial charge in [-0.3, -0.25) is 19.4 Å². The highest BCUT2D eigenvalue weighted by Crippen LogP contribution is 2.66. The standard InChI is InChI=1S/C32H27N3O3S2/c1-33-21-26(23-13-6-3-7-14-23)32(29(37)35(30(39)40-32)20-24-15-10-18-38-24)31(33)25-16-8-9-17-27(25)34(28(31)36)19-22-11-4-2-5-12-22/h2-18,26H,19-21H2,1H3. The van der Waals surface area contributed by atoms with E-state index in [1.54, 1.807) is 17.2 Å². The van der Waals surface area contributed by atoms with Gasteiger partial charge in [-0.2, -0.15) is 0 Å². The first-order chi connectivity index (χ1) is 19.5. The lowest BCUT2D eigenvalue weighted by Crippen LogP contribution is -2.62. The number of amides is 2. The molecule has 8 heteroatoms. The Morgan fingerprint density at radius 1 is 0.850 bits per heavy atom. The number of carbonyl (C=O) groups excluding carboxylic acids is 2. The third-order valence-electron chi connectivity index (χ3n) is 8.51. The van der Waals surface area contributed by atoms with E-state index in [4.69, 9.17) is 16.6 Å². The van der Waals surface area contributed by atoms with Gasteiger partial charge in [-0.1, -0.05) is 103 Å². The fraction of sp³-hybridized carbons (Fsp3) is 0.219. The lowest BCUT2D eigenvalue weighted by molar-refractivity contribution is -0.139. The molecule has 0 N–H and O–H groups in total. The van der Waals surface area contributed by atoms with Gasteiger partial charge < -0.3 is 9.32 Å². The Kier molecular flexibility index (Phi) is 5.96. The number of para-hydroxylation sites is 1. The van der Waals surface area contributed by atoms with E-state index in [0.29, 0.717) is 23.2 Å². The molecule has 0 aliphatic carbocycles. The minimum atomic E-state index is -1.25. The van der Waals surface area contributed by atoms with Gasteiger partial charge >= 0.3 is 0 Å². The number of likely N-dealkylation sites (tertiary alicyclic amines) is 1. The third kappa shape index (κ3) is 3.36. The van der Waals surface area contributed by atoms with Crippen molar-refractivity contribution in [2.75, 3.05) is 18.5 Å². The number of nitrogens with zero attached hydrogens (tertiary/aromatic N) is 3. The maximum Gasteiger partial charge on any atom is 0.254 e. The largest absolute Gasteiger partial charge is 0.467 e.